The molecule has 116 valence electrons. The van der Waals surface area contributed by atoms with Crippen molar-refractivity contribution in [2.24, 2.45) is 5.92 Å². The summed E-state index contributed by atoms with van der Waals surface area (Å²) in [4.78, 5) is 12.5. The zero-order valence-corrected chi connectivity index (χ0v) is 15.6. The molecule has 2 atom stereocenters. The number of halogens is 5. The third kappa shape index (κ3) is 3.15. The fraction of sp³-hybridized carbons (Fsp3) is 0.909. The molecule has 0 spiro atoms. The predicted octanol–water partition coefficient (Wildman–Crippen LogP) is 0.484. The molecule has 2 fully saturated rings. The average Bonchev–Trinajstić information content (AvgIpc) is 2.74. The van der Waals surface area contributed by atoms with Crippen LogP contribution in [-0.2, 0) is 4.74 Å². The van der Waals surface area contributed by atoms with Gasteiger partial charge in [-0.05, 0) is 27.2 Å². The fourth-order valence-electron chi connectivity index (χ4n) is 2.92. The zero-order chi connectivity index (χ0) is 15.6. The number of alkyl halides is 2. The number of fused-ring (bicyclic) bond motifs is 1. The predicted molar refractivity (Wildman–Crippen MR) is 62.6 cm³/mol. The van der Waals surface area contributed by atoms with E-state index in [0.717, 1.165) is 4.90 Å². The van der Waals surface area contributed by atoms with Gasteiger partial charge in [-0.15, -0.1) is 0 Å². The summed E-state index contributed by atoms with van der Waals surface area (Å²) in [5, 5.41) is -3.04. The molecule has 0 aromatic rings. The molecule has 0 N–H and O–H groups in total. The Morgan fingerprint density at radius 2 is 1.81 bits per heavy atom. The molecular weight excluding hydrogens is 323 g/mol. The summed E-state index contributed by atoms with van der Waals surface area (Å²) >= 11 is 0. The second-order valence-corrected chi connectivity index (χ2v) is 6.48. The summed E-state index contributed by atoms with van der Waals surface area (Å²) in [6.45, 7) is -2.20. The van der Waals surface area contributed by atoms with Crippen LogP contribution in [-0.4, -0.2) is 42.6 Å². The van der Waals surface area contributed by atoms with Gasteiger partial charge in [-0.2, -0.15) is 0 Å². The Hall–Kier alpha value is 0.621. The maximum Gasteiger partial charge on any atom is 1.00 e. The number of carbonyl (C=O) groups excluding carboxylic acids is 1. The minimum atomic E-state index is -5.74. The van der Waals surface area contributed by atoms with E-state index in [4.69, 9.17) is 4.74 Å². The molecule has 2 aliphatic rings. The van der Waals surface area contributed by atoms with Crippen LogP contribution in [0.2, 0.25) is 5.31 Å². The van der Waals surface area contributed by atoms with Crippen LogP contribution in [0.5, 0.6) is 0 Å². The zero-order valence-electron chi connectivity index (χ0n) is 12.4. The second-order valence-electron chi connectivity index (χ2n) is 6.48. The minimum absolute atomic E-state index is 0. The SMILES string of the molecule is CC(C)(C)OC(=O)N1CCC2C(F)(F)C2([B-](F)(F)F)C1.[K+]. The van der Waals surface area contributed by atoms with Gasteiger partial charge in [-0.1, -0.05) is 0 Å². The number of rotatable bonds is 1. The van der Waals surface area contributed by atoms with E-state index in [-0.39, 0.29) is 64.4 Å². The number of amides is 1. The van der Waals surface area contributed by atoms with Gasteiger partial charge >= 0.3 is 64.5 Å². The molecule has 1 aliphatic carbocycles. The summed E-state index contributed by atoms with van der Waals surface area (Å²) in [6, 6.07) is 0. The Bertz CT molecular complexity index is 439. The van der Waals surface area contributed by atoms with Crippen LogP contribution in [0.15, 0.2) is 0 Å². The summed E-state index contributed by atoms with van der Waals surface area (Å²) in [5.74, 6) is -5.48. The van der Waals surface area contributed by atoms with Crippen molar-refractivity contribution in [3.8, 4) is 0 Å². The van der Waals surface area contributed by atoms with Gasteiger partial charge in [0.1, 0.15) is 5.60 Å². The molecule has 3 nitrogen and oxygen atoms in total. The van der Waals surface area contributed by atoms with Crippen LogP contribution in [0.4, 0.5) is 26.5 Å². The molecule has 1 amide bonds. The molecule has 0 aromatic heterocycles. The number of carbonyl (C=O) groups is 1. The normalized spacial score (nSPS) is 31.0. The van der Waals surface area contributed by atoms with Crippen LogP contribution in [0.3, 0.4) is 0 Å². The quantitative estimate of drug-likeness (QED) is 0.514. The largest absolute Gasteiger partial charge is 1.00 e. The number of hydrogen-bond donors (Lipinski definition) is 0. The van der Waals surface area contributed by atoms with Gasteiger partial charge in [0.05, 0.1) is 0 Å². The van der Waals surface area contributed by atoms with Gasteiger partial charge in [-0.3, -0.25) is 0 Å². The van der Waals surface area contributed by atoms with E-state index in [1.165, 1.54) is 0 Å². The van der Waals surface area contributed by atoms with E-state index in [1.807, 2.05) is 0 Å². The Balaban J connectivity index is 0.00000220. The Kier molecular flexibility index (Phi) is 5.25. The number of ether oxygens (including phenoxy) is 1. The molecule has 2 unspecified atom stereocenters. The molecule has 1 heterocycles. The first-order chi connectivity index (χ1) is 8.83. The average molecular weight is 339 g/mol. The van der Waals surface area contributed by atoms with Crippen LogP contribution in [0.1, 0.15) is 27.2 Å². The monoisotopic (exact) mass is 339 g/mol. The maximum absolute atomic E-state index is 13.5. The van der Waals surface area contributed by atoms with Crippen molar-refractivity contribution in [1.82, 2.24) is 4.90 Å². The minimum Gasteiger partial charge on any atom is -0.448 e. The fourth-order valence-corrected chi connectivity index (χ4v) is 2.92. The summed E-state index contributed by atoms with van der Waals surface area (Å²) in [6.07, 6.45) is -1.33. The van der Waals surface area contributed by atoms with Crippen LogP contribution in [0.25, 0.3) is 0 Å². The Morgan fingerprint density at radius 1 is 1.29 bits per heavy atom. The van der Waals surface area contributed by atoms with Crippen molar-refractivity contribution in [3.05, 3.63) is 0 Å². The van der Waals surface area contributed by atoms with Gasteiger partial charge in [-0.25, -0.2) is 13.6 Å². The molecule has 10 heteroatoms. The molecular formula is C11H16BF5KNO2. The van der Waals surface area contributed by atoms with Crippen LogP contribution >= 0.6 is 0 Å². The van der Waals surface area contributed by atoms with E-state index in [2.05, 4.69) is 0 Å². The molecule has 1 aliphatic heterocycles. The van der Waals surface area contributed by atoms with E-state index in [0.29, 0.717) is 0 Å². The van der Waals surface area contributed by atoms with Crippen molar-refractivity contribution in [2.75, 3.05) is 13.1 Å². The van der Waals surface area contributed by atoms with Gasteiger partial charge in [0, 0.05) is 24.3 Å². The van der Waals surface area contributed by atoms with Crippen LogP contribution < -0.4 is 51.4 Å². The maximum atomic E-state index is 13.5. The first-order valence-electron chi connectivity index (χ1n) is 6.38. The number of hydrogen-bond acceptors (Lipinski definition) is 2. The Labute approximate surface area is 162 Å². The summed E-state index contributed by atoms with van der Waals surface area (Å²) in [5.41, 5.74) is -0.878. The van der Waals surface area contributed by atoms with Crippen molar-refractivity contribution >= 4 is 13.1 Å². The van der Waals surface area contributed by atoms with Gasteiger partial charge < -0.3 is 22.6 Å². The molecule has 2 rings (SSSR count). The smallest absolute Gasteiger partial charge is 0.448 e. The molecule has 0 bridgehead atoms. The third-order valence-corrected chi connectivity index (χ3v) is 3.97. The van der Waals surface area contributed by atoms with Gasteiger partial charge in [0.15, 0.2) is 0 Å². The molecule has 21 heavy (non-hydrogen) atoms. The van der Waals surface area contributed by atoms with E-state index in [9.17, 15) is 26.5 Å². The van der Waals surface area contributed by atoms with Gasteiger partial charge in [0.25, 0.3) is 0 Å². The number of nitrogens with zero attached hydrogens (tertiary/aromatic N) is 1. The molecule has 0 radical (unpaired) electrons. The number of piperidine rings is 1. The van der Waals surface area contributed by atoms with Gasteiger partial charge in [0.2, 0.25) is 5.92 Å². The van der Waals surface area contributed by atoms with Crippen molar-refractivity contribution in [1.29, 1.82) is 0 Å². The van der Waals surface area contributed by atoms with E-state index in [1.54, 1.807) is 20.8 Å². The first kappa shape index (κ1) is 19.7. The summed E-state index contributed by atoms with van der Waals surface area (Å²) < 4.78 is 71.2. The first-order valence-corrected chi connectivity index (χ1v) is 6.38. The molecule has 1 saturated carbocycles. The Morgan fingerprint density at radius 3 is 2.24 bits per heavy atom. The van der Waals surface area contributed by atoms with E-state index >= 15 is 0 Å². The molecule has 1 saturated heterocycles. The standard InChI is InChI=1S/C11H16BF5NO2.K/c1-9(2,3)20-8(19)18-5-4-7-10(6-18,11(7,13)14)12(15,16)17;/h7H,4-6H2,1-3H3;/q-1;+1. The topological polar surface area (TPSA) is 29.5 Å². The third-order valence-electron chi connectivity index (χ3n) is 3.97. The second kappa shape index (κ2) is 5.61. The van der Waals surface area contributed by atoms with Crippen molar-refractivity contribution in [2.45, 2.75) is 44.0 Å². The van der Waals surface area contributed by atoms with E-state index < -0.39 is 42.4 Å². The van der Waals surface area contributed by atoms with Crippen molar-refractivity contribution in [3.63, 3.8) is 0 Å². The van der Waals surface area contributed by atoms with Crippen LogP contribution in [0, 0.1) is 5.92 Å². The van der Waals surface area contributed by atoms with Crippen molar-refractivity contribution < 1.29 is 82.6 Å². The number of likely N-dealkylation sites (tertiary alicyclic amines) is 1. The summed E-state index contributed by atoms with van der Waals surface area (Å²) in [7, 11) is 0. The molecule has 0 aromatic carbocycles.